The zero-order chi connectivity index (χ0) is 13.5. The van der Waals surface area contributed by atoms with Gasteiger partial charge in [0.05, 0.1) is 0 Å². The Bertz CT molecular complexity index is 709. The molecule has 0 spiro atoms. The van der Waals surface area contributed by atoms with Gasteiger partial charge in [-0.05, 0) is 26.0 Å². The molecular formula is C10H11ClN4O2S. The minimum absolute atomic E-state index is 0.279. The van der Waals surface area contributed by atoms with Crippen molar-refractivity contribution in [3.05, 3.63) is 23.5 Å². The van der Waals surface area contributed by atoms with Crippen molar-refractivity contribution in [3.8, 4) is 11.4 Å². The third-order valence-corrected chi connectivity index (χ3v) is 3.72. The van der Waals surface area contributed by atoms with Gasteiger partial charge in [0.1, 0.15) is 0 Å². The summed E-state index contributed by atoms with van der Waals surface area (Å²) in [6.07, 6.45) is 0. The first kappa shape index (κ1) is 13.0. The van der Waals surface area contributed by atoms with Crippen LogP contribution in [0, 0.1) is 13.8 Å². The number of rotatable bonds is 2. The molecule has 0 radical (unpaired) electrons. The maximum Gasteiger partial charge on any atom is 0.296 e. The Morgan fingerprint density at radius 3 is 2.39 bits per heavy atom. The highest BCUT2D eigenvalue weighted by Gasteiger charge is 2.21. The Kier molecular flexibility index (Phi) is 3.12. The molecule has 0 amide bonds. The van der Waals surface area contributed by atoms with Crippen LogP contribution in [-0.4, -0.2) is 28.2 Å². The van der Waals surface area contributed by atoms with Crippen molar-refractivity contribution in [1.82, 2.24) is 19.7 Å². The number of nitrogens with zero attached hydrogens (tertiary/aromatic N) is 4. The molecule has 8 heteroatoms. The Balaban J connectivity index is 2.63. The molecule has 0 atom stereocenters. The lowest BCUT2D eigenvalue weighted by atomic mass is 10.2. The van der Waals surface area contributed by atoms with Crippen molar-refractivity contribution in [2.75, 3.05) is 0 Å². The lowest BCUT2D eigenvalue weighted by molar-refractivity contribution is 0.593. The van der Waals surface area contributed by atoms with Crippen molar-refractivity contribution < 1.29 is 8.42 Å². The third-order valence-electron chi connectivity index (χ3n) is 2.52. The summed E-state index contributed by atoms with van der Waals surface area (Å²) in [6.45, 7) is 3.70. The molecule has 0 bridgehead atoms. The molecule has 2 rings (SSSR count). The fourth-order valence-corrected chi connectivity index (χ4v) is 2.64. The van der Waals surface area contributed by atoms with Gasteiger partial charge in [-0.15, -0.1) is 10.2 Å². The highest BCUT2D eigenvalue weighted by atomic mass is 35.7. The minimum Gasteiger partial charge on any atom is -0.300 e. The highest BCUT2D eigenvalue weighted by Crippen LogP contribution is 2.23. The van der Waals surface area contributed by atoms with Gasteiger partial charge in [0, 0.05) is 34.7 Å². The van der Waals surface area contributed by atoms with Gasteiger partial charge in [0.2, 0.25) is 0 Å². The van der Waals surface area contributed by atoms with Crippen LogP contribution in [0.3, 0.4) is 0 Å². The Hall–Kier alpha value is -1.47. The topological polar surface area (TPSA) is 77.7 Å². The van der Waals surface area contributed by atoms with Crippen LogP contribution in [0.5, 0.6) is 0 Å². The zero-order valence-corrected chi connectivity index (χ0v) is 11.6. The number of halogens is 1. The van der Waals surface area contributed by atoms with E-state index in [1.807, 2.05) is 26.0 Å². The van der Waals surface area contributed by atoms with Gasteiger partial charge in [-0.3, -0.25) is 9.55 Å². The molecule has 0 saturated heterocycles. The normalized spacial score (nSPS) is 11.8. The zero-order valence-electron chi connectivity index (χ0n) is 10.0. The van der Waals surface area contributed by atoms with E-state index >= 15 is 0 Å². The van der Waals surface area contributed by atoms with Crippen LogP contribution in [0.4, 0.5) is 0 Å². The molecule has 0 aliphatic rings. The first-order valence-corrected chi connectivity index (χ1v) is 7.40. The number of hydrogen-bond donors (Lipinski definition) is 0. The molecule has 96 valence electrons. The summed E-state index contributed by atoms with van der Waals surface area (Å²) in [6, 6.07) is 3.65. The monoisotopic (exact) mass is 286 g/mol. The molecule has 0 fully saturated rings. The van der Waals surface area contributed by atoms with Crippen LogP contribution in [0.2, 0.25) is 0 Å². The average Bonchev–Trinajstić information content (AvgIpc) is 2.60. The quantitative estimate of drug-likeness (QED) is 0.780. The summed E-state index contributed by atoms with van der Waals surface area (Å²) < 4.78 is 23.9. The van der Waals surface area contributed by atoms with E-state index in [1.54, 1.807) is 7.05 Å². The summed E-state index contributed by atoms with van der Waals surface area (Å²) in [5.41, 5.74) is 2.36. The van der Waals surface area contributed by atoms with Gasteiger partial charge in [-0.2, -0.15) is 0 Å². The van der Waals surface area contributed by atoms with Gasteiger partial charge < -0.3 is 0 Å². The lowest BCUT2D eigenvalue weighted by Gasteiger charge is -2.05. The summed E-state index contributed by atoms with van der Waals surface area (Å²) in [5.74, 6) is 0.416. The summed E-state index contributed by atoms with van der Waals surface area (Å²) in [7, 11) is 2.91. The largest absolute Gasteiger partial charge is 0.300 e. The molecule has 6 nitrogen and oxygen atoms in total. The minimum atomic E-state index is -3.90. The van der Waals surface area contributed by atoms with Gasteiger partial charge in [0.25, 0.3) is 14.2 Å². The second-order valence-electron chi connectivity index (χ2n) is 3.89. The van der Waals surface area contributed by atoms with Crippen LogP contribution in [0.1, 0.15) is 11.4 Å². The fourth-order valence-electron chi connectivity index (χ4n) is 1.68. The molecule has 0 N–H and O–H groups in total. The summed E-state index contributed by atoms with van der Waals surface area (Å²) in [4.78, 5) is 4.30. The highest BCUT2D eigenvalue weighted by molar-refractivity contribution is 8.13. The standard InChI is InChI=1S/C10H11ClN4O2S/c1-6-4-5-8(7(2)12-6)9-13-14-10(15(9)3)18(11,16)17/h4-5H,1-3H3. The number of aryl methyl sites for hydroxylation is 2. The predicted octanol–water partition coefficient (Wildman–Crippen LogP) is 1.42. The second kappa shape index (κ2) is 4.33. The van der Waals surface area contributed by atoms with Crippen molar-refractivity contribution in [2.45, 2.75) is 19.0 Å². The van der Waals surface area contributed by atoms with Gasteiger partial charge in [-0.25, -0.2) is 8.42 Å². The molecule has 2 heterocycles. The smallest absolute Gasteiger partial charge is 0.296 e. The van der Waals surface area contributed by atoms with Crippen molar-refractivity contribution in [2.24, 2.45) is 7.05 Å². The SMILES string of the molecule is Cc1ccc(-c2nnc(S(=O)(=O)Cl)n2C)c(C)n1. The number of aromatic nitrogens is 4. The number of hydrogen-bond acceptors (Lipinski definition) is 5. The van der Waals surface area contributed by atoms with E-state index in [0.717, 1.165) is 17.0 Å². The van der Waals surface area contributed by atoms with Crippen molar-refractivity contribution in [1.29, 1.82) is 0 Å². The maximum atomic E-state index is 11.3. The molecule has 2 aromatic rings. The summed E-state index contributed by atoms with van der Waals surface area (Å²) in [5, 5.41) is 7.17. The number of pyridine rings is 1. The van der Waals surface area contributed by atoms with E-state index < -0.39 is 9.05 Å². The first-order chi connectivity index (χ1) is 8.30. The Labute approximate surface area is 109 Å². The molecule has 0 saturated carbocycles. The van der Waals surface area contributed by atoms with Crippen LogP contribution in [0.15, 0.2) is 17.3 Å². The van der Waals surface area contributed by atoms with E-state index in [4.69, 9.17) is 10.7 Å². The molecule has 0 aromatic carbocycles. The van der Waals surface area contributed by atoms with Crippen molar-refractivity contribution in [3.63, 3.8) is 0 Å². The van der Waals surface area contributed by atoms with E-state index in [-0.39, 0.29) is 5.16 Å². The molecule has 0 aliphatic heterocycles. The first-order valence-electron chi connectivity index (χ1n) is 5.09. The lowest BCUT2D eigenvalue weighted by Crippen LogP contribution is -2.03. The van der Waals surface area contributed by atoms with E-state index in [2.05, 4.69) is 15.2 Å². The van der Waals surface area contributed by atoms with Crippen LogP contribution in [0.25, 0.3) is 11.4 Å². The maximum absolute atomic E-state index is 11.3. The van der Waals surface area contributed by atoms with Crippen LogP contribution in [-0.2, 0) is 16.1 Å². The fraction of sp³-hybridized carbons (Fsp3) is 0.300. The van der Waals surface area contributed by atoms with E-state index in [0.29, 0.717) is 5.82 Å². The Morgan fingerprint density at radius 2 is 1.89 bits per heavy atom. The average molecular weight is 287 g/mol. The molecule has 2 aromatic heterocycles. The molecular weight excluding hydrogens is 276 g/mol. The van der Waals surface area contributed by atoms with E-state index in [1.165, 1.54) is 4.57 Å². The van der Waals surface area contributed by atoms with Crippen molar-refractivity contribution >= 4 is 19.7 Å². The molecule has 0 aliphatic carbocycles. The molecule has 0 unspecified atom stereocenters. The molecule has 18 heavy (non-hydrogen) atoms. The second-order valence-corrected chi connectivity index (χ2v) is 6.35. The van der Waals surface area contributed by atoms with Gasteiger partial charge in [0.15, 0.2) is 5.82 Å². The van der Waals surface area contributed by atoms with Crippen LogP contribution >= 0.6 is 10.7 Å². The third kappa shape index (κ3) is 2.23. The summed E-state index contributed by atoms with van der Waals surface area (Å²) >= 11 is 0. The predicted molar refractivity (Wildman–Crippen MR) is 66.7 cm³/mol. The van der Waals surface area contributed by atoms with E-state index in [9.17, 15) is 8.42 Å². The van der Waals surface area contributed by atoms with Gasteiger partial charge in [-0.1, -0.05) is 0 Å². The van der Waals surface area contributed by atoms with Crippen LogP contribution < -0.4 is 0 Å². The van der Waals surface area contributed by atoms with Gasteiger partial charge >= 0.3 is 0 Å². The Morgan fingerprint density at radius 1 is 1.22 bits per heavy atom.